The highest BCUT2D eigenvalue weighted by atomic mass is 16.7. The van der Waals surface area contributed by atoms with Crippen LogP contribution in [0.5, 0.6) is 0 Å². The topological polar surface area (TPSA) is 236 Å². The van der Waals surface area contributed by atoms with Crippen LogP contribution in [0.15, 0.2) is 11.6 Å². The normalized spacial score (nSPS) is 54.1. The van der Waals surface area contributed by atoms with Gasteiger partial charge in [0.2, 0.25) is 0 Å². The summed E-state index contributed by atoms with van der Waals surface area (Å²) in [7, 11) is 0. The Hall–Kier alpha value is -1.27. The summed E-state index contributed by atoms with van der Waals surface area (Å²) < 4.78 is 23.8. The van der Waals surface area contributed by atoms with Crippen molar-refractivity contribution in [2.75, 3.05) is 19.8 Å². The molecule has 0 aromatic heterocycles. The first kappa shape index (κ1) is 42.8. The van der Waals surface area contributed by atoms with Crippen LogP contribution in [-0.4, -0.2) is 139 Å². The second kappa shape index (κ2) is 14.7. The Labute approximate surface area is 330 Å². The van der Waals surface area contributed by atoms with Gasteiger partial charge in [-0.05, 0) is 104 Å². The lowest BCUT2D eigenvalue weighted by Crippen LogP contribution is -2.67. The third-order valence-electron chi connectivity index (χ3n) is 17.4. The Kier molecular flexibility index (Phi) is 11.3. The Morgan fingerprint density at radius 2 is 1.36 bits per heavy atom. The summed E-state index contributed by atoms with van der Waals surface area (Å²) in [6.45, 7) is 12.2. The van der Waals surface area contributed by atoms with Gasteiger partial charge in [0.05, 0.1) is 31.3 Å². The van der Waals surface area contributed by atoms with Gasteiger partial charge in [0.1, 0.15) is 48.8 Å². The molecule has 320 valence electrons. The maximum Gasteiger partial charge on any atom is 0.310 e. The molecule has 3 unspecified atom stereocenters. The molecule has 9 N–H and O–H groups in total. The number of fused-ring (bicyclic) bond motifs is 7. The first-order valence-electron chi connectivity index (χ1n) is 21.0. The second-order valence-electron chi connectivity index (χ2n) is 20.5. The van der Waals surface area contributed by atoms with E-state index in [1.54, 1.807) is 0 Å². The maximum absolute atomic E-state index is 13.1. The van der Waals surface area contributed by atoms with Gasteiger partial charge >= 0.3 is 5.97 Å². The molecule has 2 heterocycles. The second-order valence-corrected chi connectivity index (χ2v) is 20.5. The standard InChI is InChI=1S/C42H68O14/c1-37(2)13-15-42(36(51)52)16-14-40(5)21(22(42)17-37)7-8-26-38(3)11-10-27(39(4,20-45)25(38)9-12-41(26,40)6)55-35-32(50)33(29(47)24(19-44)54-35)56-34-31(49)30(48)28(46)23(18-43)53-34/h7,22-35,43-50H,8-20H2,1-6H3,(H,51,52)/t22?,23-,24-,25?,26?,27+,28-,29-,30+,31-,32-,33+,34+,35+,38+,39+,40-,41-,42+/m1/s1. The predicted octanol–water partition coefficient (Wildman–Crippen LogP) is 1.85. The van der Waals surface area contributed by atoms with Crippen LogP contribution in [0.3, 0.4) is 0 Å². The van der Waals surface area contributed by atoms with Crippen LogP contribution in [0.4, 0.5) is 0 Å². The average molecular weight is 797 g/mol. The Morgan fingerprint density at radius 3 is 1.98 bits per heavy atom. The summed E-state index contributed by atoms with van der Waals surface area (Å²) >= 11 is 0. The van der Waals surface area contributed by atoms with Crippen molar-refractivity contribution < 1.29 is 69.7 Å². The number of carboxylic acid groups (broad SMARTS) is 1. The number of aliphatic hydroxyl groups excluding tert-OH is 8. The minimum absolute atomic E-state index is 0.00865. The van der Waals surface area contributed by atoms with Crippen LogP contribution in [0.25, 0.3) is 0 Å². The van der Waals surface area contributed by atoms with Crippen LogP contribution >= 0.6 is 0 Å². The molecular weight excluding hydrogens is 728 g/mol. The quantitative estimate of drug-likeness (QED) is 0.126. The number of ether oxygens (including phenoxy) is 4. The highest BCUT2D eigenvalue weighted by molar-refractivity contribution is 5.76. The Bertz CT molecular complexity index is 1500. The zero-order chi connectivity index (χ0) is 41.0. The molecule has 0 amide bonds. The van der Waals surface area contributed by atoms with Crippen molar-refractivity contribution in [3.63, 3.8) is 0 Å². The minimum atomic E-state index is -1.79. The molecule has 0 bridgehead atoms. The first-order valence-corrected chi connectivity index (χ1v) is 21.0. The maximum atomic E-state index is 13.1. The van der Waals surface area contributed by atoms with Crippen molar-refractivity contribution in [3.8, 4) is 0 Å². The number of hydrogen-bond acceptors (Lipinski definition) is 13. The molecule has 56 heavy (non-hydrogen) atoms. The zero-order valence-electron chi connectivity index (χ0n) is 33.9. The molecule has 14 nitrogen and oxygen atoms in total. The van der Waals surface area contributed by atoms with Gasteiger partial charge in [0.25, 0.3) is 0 Å². The van der Waals surface area contributed by atoms with Crippen LogP contribution < -0.4 is 0 Å². The van der Waals surface area contributed by atoms with Gasteiger partial charge in [-0.25, -0.2) is 0 Å². The number of allylic oxidation sites excluding steroid dienone is 2. The molecule has 0 spiro atoms. The van der Waals surface area contributed by atoms with Gasteiger partial charge < -0.3 is 64.9 Å². The molecule has 5 aliphatic carbocycles. The van der Waals surface area contributed by atoms with Crippen LogP contribution in [-0.2, 0) is 23.7 Å². The zero-order valence-corrected chi connectivity index (χ0v) is 33.9. The van der Waals surface area contributed by atoms with E-state index in [2.05, 4.69) is 40.7 Å². The molecule has 6 fully saturated rings. The van der Waals surface area contributed by atoms with Crippen molar-refractivity contribution in [2.45, 2.75) is 173 Å². The molecule has 2 saturated heterocycles. The third-order valence-corrected chi connectivity index (χ3v) is 17.4. The molecule has 0 aromatic rings. The molecule has 0 aromatic carbocycles. The van der Waals surface area contributed by atoms with Gasteiger partial charge in [-0.15, -0.1) is 0 Å². The SMILES string of the molecule is CC1(C)CC[C@]2(C(=O)O)CC[C@]3(C)C(=CCC4[C@@]5(C)CC[C@H](O[C@@H]6O[C@H](CO)[C@@H](O)[C@H](O[C@@H]7O[C@H](CO)[C@@H](O)[C@H](O)[C@H]7O)[C@H]6O)[C@@](C)(CO)C5CC[C@]43C)C2C1. The minimum Gasteiger partial charge on any atom is -0.481 e. The number of carbonyl (C=O) groups is 1. The summed E-state index contributed by atoms with van der Waals surface area (Å²) in [6.07, 6.45) is -5.91. The monoisotopic (exact) mass is 796 g/mol. The van der Waals surface area contributed by atoms with E-state index in [4.69, 9.17) is 18.9 Å². The van der Waals surface area contributed by atoms with Crippen molar-refractivity contribution >= 4 is 5.97 Å². The van der Waals surface area contributed by atoms with E-state index in [0.717, 1.165) is 44.9 Å². The van der Waals surface area contributed by atoms with Crippen LogP contribution in [0, 0.1) is 50.2 Å². The lowest BCUT2D eigenvalue weighted by atomic mass is 9.33. The summed E-state index contributed by atoms with van der Waals surface area (Å²) in [5.41, 5.74) is -0.535. The fourth-order valence-electron chi connectivity index (χ4n) is 13.7. The van der Waals surface area contributed by atoms with E-state index in [-0.39, 0.29) is 46.0 Å². The van der Waals surface area contributed by atoms with Crippen molar-refractivity contribution in [1.82, 2.24) is 0 Å². The van der Waals surface area contributed by atoms with E-state index in [0.29, 0.717) is 19.3 Å². The van der Waals surface area contributed by atoms with Gasteiger partial charge in [-0.1, -0.05) is 53.2 Å². The summed E-state index contributed by atoms with van der Waals surface area (Å²) in [5.74, 6) is -0.356. The molecular formula is C42H68O14. The Morgan fingerprint density at radius 1 is 0.732 bits per heavy atom. The summed E-state index contributed by atoms with van der Waals surface area (Å²) in [4.78, 5) is 13.1. The molecule has 2 aliphatic heterocycles. The lowest BCUT2D eigenvalue weighted by Gasteiger charge is -2.71. The highest BCUT2D eigenvalue weighted by Crippen LogP contribution is 2.76. The number of aliphatic carboxylic acids is 1. The average Bonchev–Trinajstić information content (AvgIpc) is 3.15. The van der Waals surface area contributed by atoms with E-state index in [1.807, 2.05) is 6.92 Å². The van der Waals surface area contributed by atoms with E-state index in [1.165, 1.54) is 5.57 Å². The van der Waals surface area contributed by atoms with E-state index < -0.39 is 97.5 Å². The molecule has 4 saturated carbocycles. The highest BCUT2D eigenvalue weighted by Gasteiger charge is 2.70. The molecule has 0 radical (unpaired) electrons. The lowest BCUT2D eigenvalue weighted by molar-refractivity contribution is -0.370. The van der Waals surface area contributed by atoms with Crippen LogP contribution in [0.2, 0.25) is 0 Å². The number of rotatable bonds is 8. The number of carboxylic acids is 1. The number of aliphatic hydroxyl groups is 8. The van der Waals surface area contributed by atoms with Gasteiger partial charge in [0, 0.05) is 5.41 Å². The smallest absolute Gasteiger partial charge is 0.310 e. The van der Waals surface area contributed by atoms with Crippen molar-refractivity contribution in [1.29, 1.82) is 0 Å². The van der Waals surface area contributed by atoms with E-state index in [9.17, 15) is 50.8 Å². The van der Waals surface area contributed by atoms with Crippen molar-refractivity contribution in [3.05, 3.63) is 11.6 Å². The van der Waals surface area contributed by atoms with Gasteiger partial charge in [-0.2, -0.15) is 0 Å². The molecule has 14 heteroatoms. The third kappa shape index (κ3) is 6.21. The number of hydrogen-bond donors (Lipinski definition) is 9. The van der Waals surface area contributed by atoms with Gasteiger partial charge in [0.15, 0.2) is 12.6 Å². The molecule has 7 rings (SSSR count). The molecule has 19 atom stereocenters. The fourth-order valence-corrected chi connectivity index (χ4v) is 13.7. The van der Waals surface area contributed by atoms with E-state index >= 15 is 0 Å². The van der Waals surface area contributed by atoms with Crippen molar-refractivity contribution in [2.24, 2.45) is 50.2 Å². The van der Waals surface area contributed by atoms with Gasteiger partial charge in [-0.3, -0.25) is 4.79 Å². The largest absolute Gasteiger partial charge is 0.481 e. The fraction of sp³-hybridized carbons (Fsp3) is 0.929. The summed E-state index contributed by atoms with van der Waals surface area (Å²) in [6, 6.07) is 0. The summed E-state index contributed by atoms with van der Waals surface area (Å²) in [5, 5.41) is 95.7. The molecule has 7 aliphatic rings. The van der Waals surface area contributed by atoms with Crippen LogP contribution in [0.1, 0.15) is 106 Å². The predicted molar refractivity (Wildman–Crippen MR) is 199 cm³/mol. The Balaban J connectivity index is 1.13. The first-order chi connectivity index (χ1) is 26.2.